The molecular weight excluding hydrogens is 328 g/mol. The lowest BCUT2D eigenvalue weighted by atomic mass is 10.1. The van der Waals surface area contributed by atoms with Gasteiger partial charge >= 0.3 is 0 Å². The predicted molar refractivity (Wildman–Crippen MR) is 102 cm³/mol. The summed E-state index contributed by atoms with van der Waals surface area (Å²) in [6.07, 6.45) is 1.31. The summed E-state index contributed by atoms with van der Waals surface area (Å²) in [6, 6.07) is 21.7. The molecule has 4 aromatic carbocycles. The maximum atomic E-state index is 10.5. The summed E-state index contributed by atoms with van der Waals surface area (Å²) in [5, 5.41) is 22.5. The molecule has 0 radical (unpaired) electrons. The van der Waals surface area contributed by atoms with E-state index in [-0.39, 0.29) is 11.5 Å². The van der Waals surface area contributed by atoms with Gasteiger partial charge in [-0.3, -0.25) is 9.59 Å². The molecule has 4 aromatic rings. The molecule has 2 N–H and O–H groups in total. The Morgan fingerprint density at radius 2 is 0.846 bits per heavy atom. The Hall–Kier alpha value is -3.66. The molecule has 0 unspecified atom stereocenters. The number of phenolic OH excluding ortho intramolecular Hbond substituents is 2. The average Bonchev–Trinajstić information content (AvgIpc) is 2.67. The van der Waals surface area contributed by atoms with Crippen LogP contribution in [0.25, 0.3) is 21.5 Å². The Labute approximate surface area is 149 Å². The summed E-state index contributed by atoms with van der Waals surface area (Å²) in [5.74, 6) is 0.0717. The SMILES string of the molecule is O=Cc1cc2ccccc2cc1O.O=Cc1cc2ccccc2cc1O. The maximum Gasteiger partial charge on any atom is 0.153 e. The van der Waals surface area contributed by atoms with Crippen LogP contribution in [0.4, 0.5) is 0 Å². The van der Waals surface area contributed by atoms with E-state index in [2.05, 4.69) is 0 Å². The molecule has 0 spiro atoms. The van der Waals surface area contributed by atoms with Crippen LogP contribution >= 0.6 is 0 Å². The van der Waals surface area contributed by atoms with Gasteiger partial charge < -0.3 is 10.2 Å². The van der Waals surface area contributed by atoms with E-state index < -0.39 is 0 Å². The molecule has 0 amide bonds. The lowest BCUT2D eigenvalue weighted by molar-refractivity contribution is 0.111. The number of aldehydes is 2. The Balaban J connectivity index is 0.000000151. The number of aromatic hydroxyl groups is 2. The summed E-state index contributed by atoms with van der Waals surface area (Å²) < 4.78 is 0. The second kappa shape index (κ2) is 7.49. The van der Waals surface area contributed by atoms with Crippen molar-refractivity contribution in [3.63, 3.8) is 0 Å². The van der Waals surface area contributed by atoms with Gasteiger partial charge in [0.2, 0.25) is 0 Å². The van der Waals surface area contributed by atoms with E-state index >= 15 is 0 Å². The van der Waals surface area contributed by atoms with Gasteiger partial charge in [0.1, 0.15) is 11.5 Å². The number of phenols is 2. The molecule has 0 aromatic heterocycles. The minimum absolute atomic E-state index is 0.0358. The molecule has 26 heavy (non-hydrogen) atoms. The van der Waals surface area contributed by atoms with Crippen molar-refractivity contribution in [1.82, 2.24) is 0 Å². The van der Waals surface area contributed by atoms with Gasteiger partial charge in [-0.15, -0.1) is 0 Å². The maximum absolute atomic E-state index is 10.5. The fourth-order valence-corrected chi connectivity index (χ4v) is 2.68. The Morgan fingerprint density at radius 3 is 1.15 bits per heavy atom. The normalized spacial score (nSPS) is 10.2. The first kappa shape index (κ1) is 17.2. The summed E-state index contributed by atoms with van der Waals surface area (Å²) in [7, 11) is 0. The highest BCUT2D eigenvalue weighted by atomic mass is 16.3. The fourth-order valence-electron chi connectivity index (χ4n) is 2.68. The van der Waals surface area contributed by atoms with Crippen LogP contribution in [0.15, 0.2) is 72.8 Å². The van der Waals surface area contributed by atoms with Gasteiger partial charge in [0.05, 0.1) is 11.1 Å². The van der Waals surface area contributed by atoms with E-state index in [0.29, 0.717) is 23.7 Å². The summed E-state index contributed by atoms with van der Waals surface area (Å²) >= 11 is 0. The van der Waals surface area contributed by atoms with Gasteiger partial charge in [-0.1, -0.05) is 48.5 Å². The van der Waals surface area contributed by atoms with Crippen LogP contribution in [-0.2, 0) is 0 Å². The van der Waals surface area contributed by atoms with E-state index in [9.17, 15) is 19.8 Å². The van der Waals surface area contributed by atoms with Crippen molar-refractivity contribution in [2.24, 2.45) is 0 Å². The summed E-state index contributed by atoms with van der Waals surface area (Å²) in [6.45, 7) is 0. The minimum atomic E-state index is 0.0358. The summed E-state index contributed by atoms with van der Waals surface area (Å²) in [4.78, 5) is 21.0. The fraction of sp³-hybridized carbons (Fsp3) is 0. The molecule has 4 nitrogen and oxygen atoms in total. The molecule has 0 aliphatic heterocycles. The van der Waals surface area contributed by atoms with Crippen LogP contribution < -0.4 is 0 Å². The second-order valence-corrected chi connectivity index (χ2v) is 5.75. The number of benzene rings is 4. The average molecular weight is 344 g/mol. The largest absolute Gasteiger partial charge is 0.507 e. The van der Waals surface area contributed by atoms with Gasteiger partial charge in [0.15, 0.2) is 12.6 Å². The van der Waals surface area contributed by atoms with E-state index in [0.717, 1.165) is 21.5 Å². The first-order valence-corrected chi connectivity index (χ1v) is 7.96. The minimum Gasteiger partial charge on any atom is -0.507 e. The van der Waals surface area contributed by atoms with Crippen molar-refractivity contribution >= 4 is 34.1 Å². The quantitative estimate of drug-likeness (QED) is 0.516. The van der Waals surface area contributed by atoms with E-state index in [1.165, 1.54) is 0 Å². The topological polar surface area (TPSA) is 74.6 Å². The highest BCUT2D eigenvalue weighted by molar-refractivity contribution is 5.92. The van der Waals surface area contributed by atoms with E-state index in [1.54, 1.807) is 24.3 Å². The smallest absolute Gasteiger partial charge is 0.153 e. The highest BCUT2D eigenvalue weighted by Gasteiger charge is 2.02. The van der Waals surface area contributed by atoms with Crippen molar-refractivity contribution in [3.8, 4) is 11.5 Å². The standard InChI is InChI=1S/2C11H8O2/c2*12-7-10-5-8-3-1-2-4-9(8)6-11(10)13/h2*1-7,13H. The van der Waals surface area contributed by atoms with Crippen molar-refractivity contribution in [3.05, 3.63) is 83.9 Å². The van der Waals surface area contributed by atoms with Crippen LogP contribution in [0.3, 0.4) is 0 Å². The van der Waals surface area contributed by atoms with Gasteiger partial charge in [0, 0.05) is 0 Å². The van der Waals surface area contributed by atoms with Crippen LogP contribution in [0, 0.1) is 0 Å². The lowest BCUT2D eigenvalue weighted by Crippen LogP contribution is -1.81. The molecule has 0 saturated carbocycles. The van der Waals surface area contributed by atoms with Crippen LogP contribution in [0.5, 0.6) is 11.5 Å². The first-order chi connectivity index (χ1) is 12.6. The number of hydrogen-bond acceptors (Lipinski definition) is 4. The van der Waals surface area contributed by atoms with Crippen LogP contribution in [-0.4, -0.2) is 22.8 Å². The third kappa shape index (κ3) is 3.54. The monoisotopic (exact) mass is 344 g/mol. The molecule has 0 saturated heterocycles. The Kier molecular flexibility index (Phi) is 4.94. The number of carbonyl (C=O) groups is 2. The molecule has 4 rings (SSSR count). The van der Waals surface area contributed by atoms with Crippen molar-refractivity contribution < 1.29 is 19.8 Å². The Morgan fingerprint density at radius 1 is 0.538 bits per heavy atom. The van der Waals surface area contributed by atoms with Gasteiger partial charge in [-0.05, 0) is 45.8 Å². The number of rotatable bonds is 2. The van der Waals surface area contributed by atoms with Gasteiger partial charge in [-0.25, -0.2) is 0 Å². The lowest BCUT2D eigenvalue weighted by Gasteiger charge is -2.00. The van der Waals surface area contributed by atoms with Crippen molar-refractivity contribution in [2.75, 3.05) is 0 Å². The highest BCUT2D eigenvalue weighted by Crippen LogP contribution is 2.24. The third-order valence-corrected chi connectivity index (χ3v) is 4.04. The molecule has 128 valence electrons. The molecule has 0 bridgehead atoms. The molecule has 0 fully saturated rings. The zero-order valence-corrected chi connectivity index (χ0v) is 13.8. The zero-order valence-electron chi connectivity index (χ0n) is 13.8. The first-order valence-electron chi connectivity index (χ1n) is 7.96. The number of fused-ring (bicyclic) bond motifs is 2. The third-order valence-electron chi connectivity index (χ3n) is 4.04. The van der Waals surface area contributed by atoms with E-state index in [4.69, 9.17) is 0 Å². The number of hydrogen-bond donors (Lipinski definition) is 2. The Bertz CT molecular complexity index is 1010. The van der Waals surface area contributed by atoms with Crippen LogP contribution in [0.2, 0.25) is 0 Å². The van der Waals surface area contributed by atoms with Gasteiger partial charge in [0.25, 0.3) is 0 Å². The molecule has 0 aliphatic carbocycles. The van der Waals surface area contributed by atoms with Gasteiger partial charge in [-0.2, -0.15) is 0 Å². The molecule has 0 heterocycles. The number of carbonyl (C=O) groups excluding carboxylic acids is 2. The molecule has 0 atom stereocenters. The summed E-state index contributed by atoms with van der Waals surface area (Å²) in [5.41, 5.74) is 0.664. The second-order valence-electron chi connectivity index (χ2n) is 5.75. The van der Waals surface area contributed by atoms with E-state index in [1.807, 2.05) is 48.5 Å². The van der Waals surface area contributed by atoms with Crippen LogP contribution in [0.1, 0.15) is 20.7 Å². The molecule has 0 aliphatic rings. The predicted octanol–water partition coefficient (Wildman–Crippen LogP) is 4.72. The molecule has 4 heteroatoms. The molecular formula is C22H16O4. The zero-order chi connectivity index (χ0) is 18.5. The van der Waals surface area contributed by atoms with Crippen molar-refractivity contribution in [2.45, 2.75) is 0 Å². The van der Waals surface area contributed by atoms with Crippen molar-refractivity contribution in [1.29, 1.82) is 0 Å².